The number of sulfone groups is 1. The molecule has 0 fully saturated rings. The van der Waals surface area contributed by atoms with Crippen LogP contribution in [0.1, 0.15) is 15.9 Å². The first-order chi connectivity index (χ1) is 11.6. The number of tetrazole rings is 1. The molecule has 1 aromatic carbocycles. The Balaban J connectivity index is 2.14. The number of hydrogen-bond donors (Lipinski definition) is 1. The Hall–Kier alpha value is -2.70. The van der Waals surface area contributed by atoms with Crippen LogP contribution in [0.3, 0.4) is 0 Å². The van der Waals surface area contributed by atoms with Gasteiger partial charge < -0.3 is 4.74 Å². The van der Waals surface area contributed by atoms with E-state index in [1.165, 1.54) is 7.05 Å². The molecule has 3 rings (SSSR count). The number of aryl methyl sites for hydroxylation is 1. The Morgan fingerprint density at radius 3 is 2.68 bits per heavy atom. The molecule has 0 unspecified atom stereocenters. The topological polar surface area (TPSA) is 116 Å². The number of benzene rings is 1. The van der Waals surface area contributed by atoms with Crippen molar-refractivity contribution in [2.45, 2.75) is 11.1 Å². The number of ether oxygens (including phenoxy) is 1. The molecule has 0 radical (unpaired) electrons. The van der Waals surface area contributed by atoms with Crippen molar-refractivity contribution >= 4 is 21.7 Å². The average Bonchev–Trinajstić information content (AvgIpc) is 2.90. The van der Waals surface area contributed by atoms with Crippen molar-refractivity contribution in [1.29, 1.82) is 0 Å². The molecule has 1 aromatic heterocycles. The van der Waals surface area contributed by atoms with Crippen LogP contribution in [0.25, 0.3) is 0 Å². The van der Waals surface area contributed by atoms with Crippen LogP contribution in [0.4, 0.5) is 19.1 Å². The molecule has 1 aliphatic rings. The van der Waals surface area contributed by atoms with Gasteiger partial charge in [-0.05, 0) is 22.6 Å². The molecule has 0 saturated carbocycles. The molecule has 9 nitrogen and oxygen atoms in total. The largest absolute Gasteiger partial charge is 0.490 e. The number of anilines is 1. The van der Waals surface area contributed by atoms with Crippen LogP contribution in [0.15, 0.2) is 17.0 Å². The molecule has 1 N–H and O–H groups in total. The van der Waals surface area contributed by atoms with Crippen LogP contribution in [-0.2, 0) is 23.1 Å². The summed E-state index contributed by atoms with van der Waals surface area (Å²) in [6.07, 6.45) is -4.92. The van der Waals surface area contributed by atoms with Crippen molar-refractivity contribution in [3.05, 3.63) is 23.3 Å². The Labute approximate surface area is 138 Å². The maximum absolute atomic E-state index is 13.2. The fourth-order valence-electron chi connectivity index (χ4n) is 2.28. The highest BCUT2D eigenvalue weighted by Gasteiger charge is 2.42. The van der Waals surface area contributed by atoms with Gasteiger partial charge in [0, 0.05) is 7.05 Å². The van der Waals surface area contributed by atoms with Gasteiger partial charge >= 0.3 is 6.18 Å². The van der Waals surface area contributed by atoms with Crippen molar-refractivity contribution in [2.75, 3.05) is 17.7 Å². The van der Waals surface area contributed by atoms with E-state index in [4.69, 9.17) is 4.74 Å². The Bertz CT molecular complexity index is 954. The summed E-state index contributed by atoms with van der Waals surface area (Å²) in [5.74, 6) is -2.22. The van der Waals surface area contributed by atoms with E-state index in [-0.39, 0.29) is 18.1 Å². The second-order valence-electron chi connectivity index (χ2n) is 5.06. The number of halogens is 3. The minimum atomic E-state index is -4.92. The van der Waals surface area contributed by atoms with Gasteiger partial charge in [0.05, 0.1) is 16.9 Å². The van der Waals surface area contributed by atoms with E-state index in [0.717, 1.165) is 10.7 Å². The molecule has 2 heterocycles. The van der Waals surface area contributed by atoms with Gasteiger partial charge in [0.2, 0.25) is 5.95 Å². The van der Waals surface area contributed by atoms with Crippen molar-refractivity contribution in [3.63, 3.8) is 0 Å². The quantitative estimate of drug-likeness (QED) is 0.817. The Kier molecular flexibility index (Phi) is 3.89. The lowest BCUT2D eigenvalue weighted by atomic mass is 10.1. The summed E-state index contributed by atoms with van der Waals surface area (Å²) in [5, 5.41) is 12.6. The summed E-state index contributed by atoms with van der Waals surface area (Å²) in [6, 6.07) is 1.39. The molecule has 1 amide bonds. The van der Waals surface area contributed by atoms with E-state index >= 15 is 0 Å². The number of hydrogen-bond acceptors (Lipinski definition) is 7. The molecule has 2 aromatic rings. The van der Waals surface area contributed by atoms with Crippen LogP contribution < -0.4 is 10.1 Å². The standard InChI is InChI=1S/C12H10F3N5O4S/c1-20-11(17-18-19-20)16-10(21)6-2-3-7(12(13,14)15)9-8(6)24-4-5-25(9,22)23/h2-3H,4-5H2,1H3,(H,16,17,19,21). The summed E-state index contributed by atoms with van der Waals surface area (Å²) in [5.41, 5.74) is -1.74. The molecule has 0 saturated heterocycles. The van der Waals surface area contributed by atoms with Gasteiger partial charge in [0.25, 0.3) is 5.91 Å². The molecule has 134 valence electrons. The number of aromatic nitrogens is 4. The average molecular weight is 377 g/mol. The Morgan fingerprint density at radius 1 is 1.36 bits per heavy atom. The number of alkyl halides is 3. The lowest BCUT2D eigenvalue weighted by Gasteiger charge is -2.23. The van der Waals surface area contributed by atoms with Gasteiger partial charge in [0.15, 0.2) is 15.6 Å². The first-order valence-corrected chi connectivity index (χ1v) is 8.40. The molecular formula is C12H10F3N5O4S. The number of amides is 1. The summed E-state index contributed by atoms with van der Waals surface area (Å²) in [4.78, 5) is 11.3. The van der Waals surface area contributed by atoms with Crippen molar-refractivity contribution in [2.24, 2.45) is 7.05 Å². The number of rotatable bonds is 2. The molecular weight excluding hydrogens is 367 g/mol. The SMILES string of the molecule is Cn1nnnc1NC(=O)c1ccc(C(F)(F)F)c2c1OCCS2(=O)=O. The monoisotopic (exact) mass is 377 g/mol. The van der Waals surface area contributed by atoms with Crippen LogP contribution in [0.5, 0.6) is 5.75 Å². The third-order valence-corrected chi connectivity index (χ3v) is 5.15. The molecule has 0 spiro atoms. The number of carbonyl (C=O) groups is 1. The van der Waals surface area contributed by atoms with Gasteiger partial charge in [-0.15, -0.1) is 0 Å². The molecule has 25 heavy (non-hydrogen) atoms. The minimum absolute atomic E-state index is 0.0719. The van der Waals surface area contributed by atoms with Crippen molar-refractivity contribution in [3.8, 4) is 5.75 Å². The van der Waals surface area contributed by atoms with Crippen molar-refractivity contribution in [1.82, 2.24) is 20.2 Å². The smallest absolute Gasteiger partial charge is 0.417 e. The van der Waals surface area contributed by atoms with Crippen LogP contribution in [-0.4, -0.2) is 46.9 Å². The van der Waals surface area contributed by atoms with Crippen LogP contribution >= 0.6 is 0 Å². The highest BCUT2D eigenvalue weighted by Crippen LogP contribution is 2.42. The van der Waals surface area contributed by atoms with E-state index in [0.29, 0.717) is 6.07 Å². The second-order valence-corrected chi connectivity index (χ2v) is 7.11. The zero-order chi connectivity index (χ0) is 18.4. The summed E-state index contributed by atoms with van der Waals surface area (Å²) >= 11 is 0. The summed E-state index contributed by atoms with van der Waals surface area (Å²) < 4.78 is 70.0. The van der Waals surface area contributed by atoms with E-state index in [2.05, 4.69) is 20.8 Å². The third-order valence-electron chi connectivity index (χ3n) is 3.42. The van der Waals surface area contributed by atoms with Gasteiger partial charge in [0.1, 0.15) is 11.5 Å². The fraction of sp³-hybridized carbons (Fsp3) is 0.333. The number of nitrogens with one attached hydrogen (secondary N) is 1. The number of nitrogens with zero attached hydrogens (tertiary/aromatic N) is 4. The lowest BCUT2D eigenvalue weighted by molar-refractivity contribution is -0.140. The van der Waals surface area contributed by atoms with Crippen LogP contribution in [0.2, 0.25) is 0 Å². The molecule has 0 bridgehead atoms. The van der Waals surface area contributed by atoms with Crippen molar-refractivity contribution < 1.29 is 31.1 Å². The first kappa shape index (κ1) is 17.1. The fourth-order valence-corrected chi connectivity index (χ4v) is 3.75. The van der Waals surface area contributed by atoms with Gasteiger partial charge in [-0.1, -0.05) is 5.10 Å². The number of fused-ring (bicyclic) bond motifs is 1. The van der Waals surface area contributed by atoms with Gasteiger partial charge in [-0.3, -0.25) is 10.1 Å². The predicted molar refractivity (Wildman–Crippen MR) is 75.7 cm³/mol. The zero-order valence-electron chi connectivity index (χ0n) is 12.5. The van der Waals surface area contributed by atoms with Crippen LogP contribution in [0, 0.1) is 0 Å². The highest BCUT2D eigenvalue weighted by atomic mass is 32.2. The minimum Gasteiger partial charge on any atom is -0.490 e. The zero-order valence-corrected chi connectivity index (χ0v) is 13.3. The van der Waals surface area contributed by atoms with E-state index < -0.39 is 43.9 Å². The third kappa shape index (κ3) is 3.01. The highest BCUT2D eigenvalue weighted by molar-refractivity contribution is 7.91. The number of carbonyl (C=O) groups excluding carboxylic acids is 1. The van der Waals surface area contributed by atoms with E-state index in [1.807, 2.05) is 0 Å². The second kappa shape index (κ2) is 5.68. The predicted octanol–water partition coefficient (Wildman–Crippen LogP) is 0.647. The molecule has 13 heteroatoms. The van der Waals surface area contributed by atoms with E-state index in [9.17, 15) is 26.4 Å². The normalized spacial score (nSPS) is 16.0. The molecule has 1 aliphatic heterocycles. The lowest BCUT2D eigenvalue weighted by Crippen LogP contribution is -2.27. The maximum Gasteiger partial charge on any atom is 0.417 e. The summed E-state index contributed by atoms with van der Waals surface area (Å²) in [6.45, 7) is -0.359. The summed E-state index contributed by atoms with van der Waals surface area (Å²) in [7, 11) is -2.82. The van der Waals surface area contributed by atoms with Gasteiger partial charge in [-0.2, -0.15) is 13.2 Å². The molecule has 0 aliphatic carbocycles. The first-order valence-electron chi connectivity index (χ1n) is 6.75. The van der Waals surface area contributed by atoms with Gasteiger partial charge in [-0.25, -0.2) is 13.1 Å². The van der Waals surface area contributed by atoms with E-state index in [1.54, 1.807) is 0 Å². The maximum atomic E-state index is 13.2. The Morgan fingerprint density at radius 2 is 2.08 bits per heavy atom. The molecule has 0 atom stereocenters.